The summed E-state index contributed by atoms with van der Waals surface area (Å²) < 4.78 is 0. The standard InChI is InChI=1S/C13H16N2S2/c14-15-11(8-10-4-2-6-16-10)13-7-9-3-1-5-12(9)17-13/h2,4,6-7,11,15H,1,3,5,8,14H2. The molecular weight excluding hydrogens is 248 g/mol. The van der Waals surface area contributed by atoms with Gasteiger partial charge in [0.25, 0.3) is 0 Å². The predicted molar refractivity (Wildman–Crippen MR) is 74.4 cm³/mol. The van der Waals surface area contributed by atoms with Gasteiger partial charge in [0.2, 0.25) is 0 Å². The van der Waals surface area contributed by atoms with E-state index in [1.54, 1.807) is 21.8 Å². The van der Waals surface area contributed by atoms with Crippen molar-refractivity contribution in [1.29, 1.82) is 0 Å². The van der Waals surface area contributed by atoms with Gasteiger partial charge in [0, 0.05) is 21.1 Å². The highest BCUT2D eigenvalue weighted by Crippen LogP contribution is 2.34. The number of rotatable bonds is 4. The van der Waals surface area contributed by atoms with Crippen molar-refractivity contribution in [2.45, 2.75) is 31.7 Å². The fourth-order valence-corrected chi connectivity index (χ4v) is 4.47. The van der Waals surface area contributed by atoms with Gasteiger partial charge in [0.05, 0.1) is 6.04 Å². The summed E-state index contributed by atoms with van der Waals surface area (Å²) in [5.41, 5.74) is 4.51. The number of fused-ring (bicyclic) bond motifs is 1. The van der Waals surface area contributed by atoms with Crippen LogP contribution >= 0.6 is 22.7 Å². The molecule has 17 heavy (non-hydrogen) atoms. The van der Waals surface area contributed by atoms with E-state index in [9.17, 15) is 0 Å². The second-order valence-corrected chi connectivity index (χ2v) is 6.65. The molecule has 2 aromatic heterocycles. The maximum Gasteiger partial charge on any atom is 0.0601 e. The fraction of sp³-hybridized carbons (Fsp3) is 0.385. The van der Waals surface area contributed by atoms with Crippen molar-refractivity contribution in [1.82, 2.24) is 5.43 Å². The zero-order chi connectivity index (χ0) is 11.7. The first-order valence-corrected chi connectivity index (χ1v) is 7.66. The van der Waals surface area contributed by atoms with Crippen molar-refractivity contribution in [3.63, 3.8) is 0 Å². The monoisotopic (exact) mass is 264 g/mol. The molecule has 1 aliphatic carbocycles. The molecule has 0 fully saturated rings. The highest BCUT2D eigenvalue weighted by molar-refractivity contribution is 7.12. The van der Waals surface area contributed by atoms with Crippen LogP contribution in [0.1, 0.15) is 32.7 Å². The molecule has 0 aromatic carbocycles. The summed E-state index contributed by atoms with van der Waals surface area (Å²) >= 11 is 3.74. The topological polar surface area (TPSA) is 38.0 Å². The van der Waals surface area contributed by atoms with Crippen molar-refractivity contribution >= 4 is 22.7 Å². The van der Waals surface area contributed by atoms with Crippen LogP contribution in [-0.2, 0) is 19.3 Å². The Labute approximate surface area is 109 Å². The Bertz CT molecular complexity index is 466. The summed E-state index contributed by atoms with van der Waals surface area (Å²) in [5.74, 6) is 5.70. The Hall–Kier alpha value is -0.680. The first-order valence-electron chi connectivity index (χ1n) is 5.97. The molecule has 3 rings (SSSR count). The van der Waals surface area contributed by atoms with Crippen LogP contribution in [0.5, 0.6) is 0 Å². The van der Waals surface area contributed by atoms with E-state index >= 15 is 0 Å². The summed E-state index contributed by atoms with van der Waals surface area (Å²) in [6.07, 6.45) is 4.83. The summed E-state index contributed by atoms with van der Waals surface area (Å²) in [6, 6.07) is 6.90. The van der Waals surface area contributed by atoms with Crippen molar-refractivity contribution in [3.05, 3.63) is 43.8 Å². The minimum atomic E-state index is 0.268. The lowest BCUT2D eigenvalue weighted by molar-refractivity contribution is 0.564. The number of aryl methyl sites for hydroxylation is 2. The van der Waals surface area contributed by atoms with Crippen molar-refractivity contribution in [2.24, 2.45) is 5.84 Å². The highest BCUT2D eigenvalue weighted by atomic mass is 32.1. The number of hydrogen-bond donors (Lipinski definition) is 2. The van der Waals surface area contributed by atoms with Gasteiger partial charge in [-0.1, -0.05) is 6.07 Å². The Balaban J connectivity index is 1.80. The largest absolute Gasteiger partial charge is 0.271 e. The second kappa shape index (κ2) is 4.90. The normalized spacial score (nSPS) is 16.1. The third-order valence-electron chi connectivity index (χ3n) is 3.30. The van der Waals surface area contributed by atoms with Crippen molar-refractivity contribution in [3.8, 4) is 0 Å². The van der Waals surface area contributed by atoms with E-state index in [0.717, 1.165) is 6.42 Å². The Kier molecular flexibility index (Phi) is 3.29. The molecule has 1 atom stereocenters. The quantitative estimate of drug-likeness (QED) is 0.658. The molecule has 0 radical (unpaired) electrons. The number of hydrazine groups is 1. The minimum absolute atomic E-state index is 0.268. The lowest BCUT2D eigenvalue weighted by Gasteiger charge is -2.13. The van der Waals surface area contributed by atoms with Gasteiger partial charge in [-0.3, -0.25) is 11.3 Å². The van der Waals surface area contributed by atoms with E-state index in [-0.39, 0.29) is 6.04 Å². The molecule has 2 nitrogen and oxygen atoms in total. The van der Waals surface area contributed by atoms with Gasteiger partial charge in [-0.15, -0.1) is 22.7 Å². The molecule has 1 unspecified atom stereocenters. The average molecular weight is 264 g/mol. The van der Waals surface area contributed by atoms with Gasteiger partial charge in [-0.25, -0.2) is 0 Å². The molecule has 0 aliphatic heterocycles. The number of nitrogens with one attached hydrogen (secondary N) is 1. The van der Waals surface area contributed by atoms with Gasteiger partial charge >= 0.3 is 0 Å². The summed E-state index contributed by atoms with van der Waals surface area (Å²) in [7, 11) is 0. The molecule has 4 heteroatoms. The molecule has 90 valence electrons. The van der Waals surface area contributed by atoms with Gasteiger partial charge in [0.1, 0.15) is 0 Å². The first-order chi connectivity index (χ1) is 8.36. The molecule has 0 amide bonds. The molecule has 0 bridgehead atoms. The maximum atomic E-state index is 5.70. The summed E-state index contributed by atoms with van der Waals surface area (Å²) in [4.78, 5) is 4.36. The maximum absolute atomic E-state index is 5.70. The van der Waals surface area contributed by atoms with Crippen LogP contribution in [0.3, 0.4) is 0 Å². The van der Waals surface area contributed by atoms with Gasteiger partial charge in [0.15, 0.2) is 0 Å². The van der Waals surface area contributed by atoms with Crippen LogP contribution in [0.4, 0.5) is 0 Å². The van der Waals surface area contributed by atoms with Crippen molar-refractivity contribution in [2.75, 3.05) is 0 Å². The third kappa shape index (κ3) is 2.31. The van der Waals surface area contributed by atoms with Gasteiger partial charge in [-0.05, 0) is 42.3 Å². The summed E-state index contributed by atoms with van der Waals surface area (Å²) in [6.45, 7) is 0. The lowest BCUT2D eigenvalue weighted by Crippen LogP contribution is -2.28. The zero-order valence-corrected chi connectivity index (χ0v) is 11.2. The van der Waals surface area contributed by atoms with Crippen molar-refractivity contribution < 1.29 is 0 Å². The molecule has 0 spiro atoms. The number of hydrogen-bond acceptors (Lipinski definition) is 4. The van der Waals surface area contributed by atoms with Crippen LogP contribution in [0, 0.1) is 0 Å². The molecule has 3 N–H and O–H groups in total. The zero-order valence-electron chi connectivity index (χ0n) is 9.61. The van der Waals surface area contributed by atoms with Crippen LogP contribution in [0.15, 0.2) is 23.6 Å². The molecular formula is C13H16N2S2. The average Bonchev–Trinajstić information content (AvgIpc) is 3.01. The Morgan fingerprint density at radius 3 is 3.06 bits per heavy atom. The van der Waals surface area contributed by atoms with Gasteiger partial charge < -0.3 is 0 Å². The molecule has 0 saturated heterocycles. The molecule has 2 heterocycles. The van der Waals surface area contributed by atoms with Crippen LogP contribution in [0.2, 0.25) is 0 Å². The highest BCUT2D eigenvalue weighted by Gasteiger charge is 2.19. The smallest absolute Gasteiger partial charge is 0.0601 e. The number of nitrogens with two attached hydrogens (primary N) is 1. The molecule has 2 aromatic rings. The van der Waals surface area contributed by atoms with E-state index < -0.39 is 0 Å². The van der Waals surface area contributed by atoms with Crippen LogP contribution < -0.4 is 11.3 Å². The lowest BCUT2D eigenvalue weighted by atomic mass is 10.1. The van der Waals surface area contributed by atoms with Crippen LogP contribution in [-0.4, -0.2) is 0 Å². The molecule has 0 saturated carbocycles. The van der Waals surface area contributed by atoms with Crippen LogP contribution in [0.25, 0.3) is 0 Å². The van der Waals surface area contributed by atoms with E-state index in [4.69, 9.17) is 5.84 Å². The first kappa shape index (κ1) is 11.4. The van der Waals surface area contributed by atoms with E-state index in [0.29, 0.717) is 0 Å². The van der Waals surface area contributed by atoms with E-state index in [2.05, 4.69) is 29.0 Å². The predicted octanol–water partition coefficient (Wildman–Crippen LogP) is 3.05. The number of thiophene rings is 2. The summed E-state index contributed by atoms with van der Waals surface area (Å²) in [5, 5.41) is 2.12. The van der Waals surface area contributed by atoms with E-state index in [1.165, 1.54) is 29.0 Å². The SMILES string of the molecule is NNC(Cc1cccs1)c1cc2c(s1)CCC2. The second-order valence-electron chi connectivity index (χ2n) is 4.45. The van der Waals surface area contributed by atoms with Gasteiger partial charge in [-0.2, -0.15) is 0 Å². The fourth-order valence-electron chi connectivity index (χ4n) is 2.40. The Morgan fingerprint density at radius 1 is 1.41 bits per heavy atom. The van der Waals surface area contributed by atoms with E-state index in [1.807, 2.05) is 11.3 Å². The minimum Gasteiger partial charge on any atom is -0.271 e. The Morgan fingerprint density at radius 2 is 2.35 bits per heavy atom. The third-order valence-corrected chi connectivity index (χ3v) is 5.55. The molecule has 1 aliphatic rings.